The minimum atomic E-state index is -1.41. The number of anilines is 1. The van der Waals surface area contributed by atoms with Gasteiger partial charge in [0.05, 0.1) is 20.6 Å². The minimum Gasteiger partial charge on any atom is -0.326 e. The standard InChI is InChI=1S/C15H11NO3S/c1-9(17)16-10-6-7-12-14(8-10)20(19)13-5-3-2-4-11(13)15(12)18/h2-8H,1H3,(H,16,17). The quantitative estimate of drug-likeness (QED) is 0.746. The number of rotatable bonds is 1. The Balaban J connectivity index is 2.16. The van der Waals surface area contributed by atoms with Gasteiger partial charge in [0, 0.05) is 23.7 Å². The first-order valence-corrected chi connectivity index (χ1v) is 7.20. The van der Waals surface area contributed by atoms with Crippen molar-refractivity contribution >= 4 is 28.2 Å². The topological polar surface area (TPSA) is 63.2 Å². The lowest BCUT2D eigenvalue weighted by Gasteiger charge is -2.18. The highest BCUT2D eigenvalue weighted by molar-refractivity contribution is 7.85. The highest BCUT2D eigenvalue weighted by Gasteiger charge is 2.28. The monoisotopic (exact) mass is 285 g/mol. The van der Waals surface area contributed by atoms with E-state index in [9.17, 15) is 13.8 Å². The van der Waals surface area contributed by atoms with Crippen molar-refractivity contribution in [1.29, 1.82) is 0 Å². The Morgan fingerprint density at radius 1 is 1.05 bits per heavy atom. The molecule has 100 valence electrons. The lowest BCUT2D eigenvalue weighted by molar-refractivity contribution is -0.114. The van der Waals surface area contributed by atoms with E-state index in [0.29, 0.717) is 26.6 Å². The van der Waals surface area contributed by atoms with Crippen molar-refractivity contribution in [3.8, 4) is 0 Å². The van der Waals surface area contributed by atoms with E-state index in [1.807, 2.05) is 0 Å². The first-order valence-electron chi connectivity index (χ1n) is 6.05. The van der Waals surface area contributed by atoms with Crippen molar-refractivity contribution in [2.45, 2.75) is 16.7 Å². The smallest absolute Gasteiger partial charge is 0.221 e. The molecule has 0 aliphatic carbocycles. The van der Waals surface area contributed by atoms with Gasteiger partial charge in [-0.25, -0.2) is 4.21 Å². The predicted octanol–water partition coefficient (Wildman–Crippen LogP) is 2.36. The van der Waals surface area contributed by atoms with Gasteiger partial charge in [0.25, 0.3) is 0 Å². The molecule has 1 heterocycles. The molecule has 3 rings (SSSR count). The van der Waals surface area contributed by atoms with Crippen LogP contribution in [0, 0.1) is 0 Å². The molecule has 0 fully saturated rings. The molecule has 1 atom stereocenters. The molecule has 2 aromatic carbocycles. The fourth-order valence-electron chi connectivity index (χ4n) is 2.22. The Hall–Kier alpha value is -2.27. The van der Waals surface area contributed by atoms with Gasteiger partial charge in [0.1, 0.15) is 0 Å². The molecule has 1 aliphatic rings. The first-order chi connectivity index (χ1) is 9.58. The van der Waals surface area contributed by atoms with E-state index in [1.54, 1.807) is 42.5 Å². The third-order valence-corrected chi connectivity index (χ3v) is 4.57. The molecule has 1 N–H and O–H groups in total. The average Bonchev–Trinajstić information content (AvgIpc) is 2.44. The third-order valence-electron chi connectivity index (χ3n) is 3.08. The van der Waals surface area contributed by atoms with Crippen LogP contribution in [0.25, 0.3) is 0 Å². The third kappa shape index (κ3) is 1.96. The van der Waals surface area contributed by atoms with Gasteiger partial charge in [0.2, 0.25) is 5.91 Å². The molecule has 1 amide bonds. The van der Waals surface area contributed by atoms with E-state index < -0.39 is 10.8 Å². The molecule has 4 nitrogen and oxygen atoms in total. The fraction of sp³-hybridized carbons (Fsp3) is 0.0667. The van der Waals surface area contributed by atoms with Gasteiger partial charge >= 0.3 is 0 Å². The van der Waals surface area contributed by atoms with Crippen molar-refractivity contribution in [2.24, 2.45) is 0 Å². The molecule has 1 unspecified atom stereocenters. The van der Waals surface area contributed by atoms with E-state index in [4.69, 9.17) is 0 Å². The first kappa shape index (κ1) is 12.7. The number of benzene rings is 2. The van der Waals surface area contributed by atoms with Crippen molar-refractivity contribution in [1.82, 2.24) is 0 Å². The number of ketones is 1. The molecule has 5 heteroatoms. The van der Waals surface area contributed by atoms with Crippen molar-refractivity contribution < 1.29 is 13.8 Å². The van der Waals surface area contributed by atoms with Crippen molar-refractivity contribution in [3.63, 3.8) is 0 Å². The SMILES string of the molecule is CC(=O)Nc1ccc2c(c1)S(=O)c1ccccc1C2=O. The summed E-state index contributed by atoms with van der Waals surface area (Å²) in [6, 6.07) is 11.7. The molecule has 0 radical (unpaired) electrons. The zero-order valence-electron chi connectivity index (χ0n) is 10.7. The largest absolute Gasteiger partial charge is 0.326 e. The lowest BCUT2D eigenvalue weighted by atomic mass is 10.0. The van der Waals surface area contributed by atoms with E-state index in [-0.39, 0.29) is 11.7 Å². The number of nitrogens with one attached hydrogen (secondary N) is 1. The second kappa shape index (κ2) is 4.68. The van der Waals surface area contributed by atoms with Gasteiger partial charge in [-0.05, 0) is 30.3 Å². The van der Waals surface area contributed by atoms with Crippen LogP contribution in [-0.4, -0.2) is 15.9 Å². The summed E-state index contributed by atoms with van der Waals surface area (Å²) in [4.78, 5) is 24.4. The van der Waals surface area contributed by atoms with Crippen LogP contribution in [0.3, 0.4) is 0 Å². The minimum absolute atomic E-state index is 0.135. The average molecular weight is 285 g/mol. The molecule has 0 spiro atoms. The summed E-state index contributed by atoms with van der Waals surface area (Å²) in [5.41, 5.74) is 1.44. The maximum Gasteiger partial charge on any atom is 0.221 e. The predicted molar refractivity (Wildman–Crippen MR) is 75.3 cm³/mol. The van der Waals surface area contributed by atoms with Crippen molar-refractivity contribution in [3.05, 3.63) is 53.6 Å². The summed E-state index contributed by atoms with van der Waals surface area (Å²) < 4.78 is 12.5. The van der Waals surface area contributed by atoms with Crippen LogP contribution in [0.1, 0.15) is 22.8 Å². The van der Waals surface area contributed by atoms with Crippen LogP contribution in [0.4, 0.5) is 5.69 Å². The number of hydrogen-bond donors (Lipinski definition) is 1. The van der Waals surface area contributed by atoms with Crippen LogP contribution < -0.4 is 5.32 Å². The summed E-state index contributed by atoms with van der Waals surface area (Å²) in [7, 11) is -1.41. The number of amides is 1. The molecule has 0 bridgehead atoms. The van der Waals surface area contributed by atoms with E-state index in [0.717, 1.165) is 0 Å². The van der Waals surface area contributed by atoms with Gasteiger partial charge < -0.3 is 5.32 Å². The maximum atomic E-state index is 12.5. The number of hydrogen-bond acceptors (Lipinski definition) is 3. The van der Waals surface area contributed by atoms with Crippen LogP contribution in [0.2, 0.25) is 0 Å². The number of fused-ring (bicyclic) bond motifs is 2. The Morgan fingerprint density at radius 2 is 1.75 bits per heavy atom. The summed E-state index contributed by atoms with van der Waals surface area (Å²) >= 11 is 0. The molecular weight excluding hydrogens is 274 g/mol. The van der Waals surface area contributed by atoms with E-state index in [2.05, 4.69) is 5.32 Å². The normalized spacial score (nSPS) is 16.2. The molecule has 0 saturated heterocycles. The second-order valence-corrected chi connectivity index (χ2v) is 5.90. The van der Waals surface area contributed by atoms with E-state index >= 15 is 0 Å². The van der Waals surface area contributed by atoms with E-state index in [1.165, 1.54) is 6.92 Å². The highest BCUT2D eigenvalue weighted by atomic mass is 32.2. The summed E-state index contributed by atoms with van der Waals surface area (Å²) in [6.07, 6.45) is 0. The second-order valence-electron chi connectivity index (χ2n) is 4.49. The number of carbonyl (C=O) groups excluding carboxylic acids is 2. The highest BCUT2D eigenvalue weighted by Crippen LogP contribution is 2.32. The van der Waals surface area contributed by atoms with Crippen LogP contribution in [0.15, 0.2) is 52.3 Å². The van der Waals surface area contributed by atoms with Gasteiger partial charge in [-0.15, -0.1) is 0 Å². The van der Waals surface area contributed by atoms with Gasteiger partial charge in [-0.1, -0.05) is 12.1 Å². The maximum absolute atomic E-state index is 12.5. The molecular formula is C15H11NO3S. The number of carbonyl (C=O) groups is 2. The fourth-order valence-corrected chi connectivity index (χ4v) is 3.62. The Bertz CT molecular complexity index is 767. The summed E-state index contributed by atoms with van der Waals surface area (Å²) in [5, 5.41) is 2.63. The Kier molecular flexibility index (Phi) is 2.99. The summed E-state index contributed by atoms with van der Waals surface area (Å²) in [5.74, 6) is -0.345. The molecule has 2 aromatic rings. The molecule has 0 aromatic heterocycles. The van der Waals surface area contributed by atoms with Crippen LogP contribution >= 0.6 is 0 Å². The zero-order chi connectivity index (χ0) is 14.3. The Labute approximate surface area is 118 Å². The van der Waals surface area contributed by atoms with Gasteiger partial charge in [0.15, 0.2) is 5.78 Å². The summed E-state index contributed by atoms with van der Waals surface area (Å²) in [6.45, 7) is 1.40. The molecule has 1 aliphatic heterocycles. The molecule has 0 saturated carbocycles. The zero-order valence-corrected chi connectivity index (χ0v) is 11.5. The van der Waals surface area contributed by atoms with Crippen molar-refractivity contribution in [2.75, 3.05) is 5.32 Å². The van der Waals surface area contributed by atoms with Crippen LogP contribution in [0.5, 0.6) is 0 Å². The van der Waals surface area contributed by atoms with Gasteiger partial charge in [-0.2, -0.15) is 0 Å². The Morgan fingerprint density at radius 3 is 2.50 bits per heavy atom. The van der Waals surface area contributed by atoms with Gasteiger partial charge in [-0.3, -0.25) is 9.59 Å². The lowest BCUT2D eigenvalue weighted by Crippen LogP contribution is -2.17. The molecule has 20 heavy (non-hydrogen) atoms. The van der Waals surface area contributed by atoms with Crippen LogP contribution in [-0.2, 0) is 15.6 Å².